The van der Waals surface area contributed by atoms with Gasteiger partial charge in [-0.3, -0.25) is 0 Å². The van der Waals surface area contributed by atoms with Crippen LogP contribution < -0.4 is 4.74 Å². The van der Waals surface area contributed by atoms with E-state index < -0.39 is 11.9 Å². The number of hydrogen-bond donors (Lipinski definition) is 0. The minimum atomic E-state index is -0.622. The quantitative estimate of drug-likeness (QED) is 0.807. The maximum absolute atomic E-state index is 11.8. The summed E-state index contributed by atoms with van der Waals surface area (Å²) in [6, 6.07) is 8.68. The summed E-state index contributed by atoms with van der Waals surface area (Å²) < 4.78 is 14.6. The van der Waals surface area contributed by atoms with Crippen LogP contribution in [0.25, 0.3) is 11.1 Å². The second-order valence-electron chi connectivity index (χ2n) is 4.79. The van der Waals surface area contributed by atoms with Gasteiger partial charge in [0.25, 0.3) is 0 Å². The van der Waals surface area contributed by atoms with E-state index in [4.69, 9.17) is 4.74 Å². The molecule has 6 heteroatoms. The summed E-state index contributed by atoms with van der Waals surface area (Å²) in [4.78, 5) is 27.6. The van der Waals surface area contributed by atoms with Crippen molar-refractivity contribution >= 4 is 11.9 Å². The molecule has 0 aliphatic heterocycles. The molecule has 1 heterocycles. The number of aryl methyl sites for hydroxylation is 1. The smallest absolute Gasteiger partial charge is 0.356 e. The van der Waals surface area contributed by atoms with Crippen molar-refractivity contribution in [1.82, 2.24) is 4.98 Å². The molecule has 23 heavy (non-hydrogen) atoms. The van der Waals surface area contributed by atoms with Gasteiger partial charge in [0.1, 0.15) is 17.1 Å². The van der Waals surface area contributed by atoms with Crippen LogP contribution in [0.4, 0.5) is 0 Å². The molecular formula is C17H17NO5. The Labute approximate surface area is 134 Å². The number of rotatable bonds is 4. The van der Waals surface area contributed by atoms with E-state index in [0.29, 0.717) is 5.56 Å². The molecule has 6 nitrogen and oxygen atoms in total. The third-order valence-corrected chi connectivity index (χ3v) is 3.36. The molecule has 1 aromatic carbocycles. The van der Waals surface area contributed by atoms with Crippen molar-refractivity contribution in [3.05, 3.63) is 47.3 Å². The maximum atomic E-state index is 11.8. The first-order valence-electron chi connectivity index (χ1n) is 6.84. The van der Waals surface area contributed by atoms with Crippen LogP contribution in [0.15, 0.2) is 30.3 Å². The molecule has 1 aromatic heterocycles. The number of methoxy groups -OCH3 is 3. The van der Waals surface area contributed by atoms with E-state index in [2.05, 4.69) is 14.5 Å². The van der Waals surface area contributed by atoms with Gasteiger partial charge in [-0.05, 0) is 47.9 Å². The van der Waals surface area contributed by atoms with Crippen LogP contribution in [-0.2, 0) is 9.47 Å². The van der Waals surface area contributed by atoms with Crippen molar-refractivity contribution in [3.8, 4) is 16.9 Å². The Hall–Kier alpha value is -2.89. The lowest BCUT2D eigenvalue weighted by Gasteiger charge is -2.11. The molecule has 0 bridgehead atoms. The lowest BCUT2D eigenvalue weighted by Crippen LogP contribution is -2.11. The molecule has 120 valence electrons. The van der Waals surface area contributed by atoms with Gasteiger partial charge in [-0.15, -0.1) is 0 Å². The normalized spacial score (nSPS) is 10.1. The zero-order valence-corrected chi connectivity index (χ0v) is 13.4. The van der Waals surface area contributed by atoms with Gasteiger partial charge in [-0.2, -0.15) is 0 Å². The van der Waals surface area contributed by atoms with Crippen molar-refractivity contribution in [2.75, 3.05) is 21.3 Å². The van der Waals surface area contributed by atoms with Gasteiger partial charge in [0, 0.05) is 0 Å². The highest BCUT2D eigenvalue weighted by Gasteiger charge is 2.17. The summed E-state index contributed by atoms with van der Waals surface area (Å²) in [5.74, 6) is -0.520. The molecule has 0 aliphatic rings. The lowest BCUT2D eigenvalue weighted by atomic mass is 9.99. The third kappa shape index (κ3) is 3.48. The Morgan fingerprint density at radius 2 is 1.48 bits per heavy atom. The number of nitrogens with zero attached hydrogens (tertiary/aromatic N) is 1. The summed E-state index contributed by atoms with van der Waals surface area (Å²) in [6.07, 6.45) is 0. The Bertz CT molecular complexity index is 720. The van der Waals surface area contributed by atoms with Crippen LogP contribution in [0.5, 0.6) is 5.75 Å². The van der Waals surface area contributed by atoms with E-state index in [1.54, 1.807) is 25.3 Å². The van der Waals surface area contributed by atoms with E-state index in [-0.39, 0.29) is 11.4 Å². The first kappa shape index (κ1) is 16.5. The maximum Gasteiger partial charge on any atom is 0.356 e. The number of carbonyl (C=O) groups is 2. The molecule has 0 spiro atoms. The molecule has 0 radical (unpaired) electrons. The summed E-state index contributed by atoms with van der Waals surface area (Å²) in [5, 5.41) is 0. The van der Waals surface area contributed by atoms with Crippen LogP contribution >= 0.6 is 0 Å². The van der Waals surface area contributed by atoms with Gasteiger partial charge in [0.2, 0.25) is 0 Å². The molecule has 2 aromatic rings. The average Bonchev–Trinajstić information content (AvgIpc) is 2.59. The molecule has 0 amide bonds. The number of hydrogen-bond acceptors (Lipinski definition) is 6. The third-order valence-electron chi connectivity index (χ3n) is 3.36. The van der Waals surface area contributed by atoms with Gasteiger partial charge < -0.3 is 14.2 Å². The Kier molecular flexibility index (Phi) is 4.95. The van der Waals surface area contributed by atoms with Gasteiger partial charge in [0.05, 0.1) is 21.3 Å². The van der Waals surface area contributed by atoms with Crippen molar-refractivity contribution in [1.29, 1.82) is 0 Å². The number of carbonyl (C=O) groups excluding carboxylic acids is 2. The molecule has 0 aliphatic carbocycles. The van der Waals surface area contributed by atoms with Crippen molar-refractivity contribution in [2.24, 2.45) is 0 Å². The second-order valence-corrected chi connectivity index (χ2v) is 4.79. The molecule has 0 unspecified atom stereocenters. The first-order chi connectivity index (χ1) is 11.0. The molecule has 0 N–H and O–H groups in total. The number of ether oxygens (including phenoxy) is 3. The van der Waals surface area contributed by atoms with E-state index in [1.807, 2.05) is 19.1 Å². The van der Waals surface area contributed by atoms with Crippen LogP contribution in [0, 0.1) is 6.92 Å². The molecule has 0 fully saturated rings. The highest BCUT2D eigenvalue weighted by molar-refractivity contribution is 5.94. The predicted octanol–water partition coefficient (Wildman–Crippen LogP) is 2.64. The van der Waals surface area contributed by atoms with Gasteiger partial charge in [-0.1, -0.05) is 6.07 Å². The minimum Gasteiger partial charge on any atom is -0.497 e. The van der Waals surface area contributed by atoms with E-state index in [1.165, 1.54) is 14.2 Å². The van der Waals surface area contributed by atoms with Gasteiger partial charge in [0.15, 0.2) is 0 Å². The predicted molar refractivity (Wildman–Crippen MR) is 83.6 cm³/mol. The van der Waals surface area contributed by atoms with Crippen molar-refractivity contribution in [2.45, 2.75) is 6.92 Å². The SMILES string of the molecule is COC(=O)c1cc(-c2ccc(OC)cc2C)cc(C(=O)OC)n1. The zero-order chi connectivity index (χ0) is 17.0. The van der Waals surface area contributed by atoms with Crippen LogP contribution in [0.1, 0.15) is 26.5 Å². The molecule has 0 atom stereocenters. The highest BCUT2D eigenvalue weighted by atomic mass is 16.5. The summed E-state index contributed by atoms with van der Waals surface area (Å²) >= 11 is 0. The fourth-order valence-corrected chi connectivity index (χ4v) is 2.19. The number of esters is 2. The average molecular weight is 315 g/mol. The molecule has 2 rings (SSSR count). The highest BCUT2D eigenvalue weighted by Crippen LogP contribution is 2.28. The van der Waals surface area contributed by atoms with Crippen LogP contribution in [0.3, 0.4) is 0 Å². The van der Waals surface area contributed by atoms with Crippen molar-refractivity contribution < 1.29 is 23.8 Å². The van der Waals surface area contributed by atoms with Gasteiger partial charge in [-0.25, -0.2) is 14.6 Å². The fourth-order valence-electron chi connectivity index (χ4n) is 2.19. The standard InChI is InChI=1S/C17H17NO5/c1-10-7-12(21-2)5-6-13(10)11-8-14(16(19)22-3)18-15(9-11)17(20)23-4/h5-9H,1-4H3. The second kappa shape index (κ2) is 6.91. The fraction of sp³-hybridized carbons (Fsp3) is 0.235. The summed E-state index contributed by atoms with van der Waals surface area (Å²) in [6.45, 7) is 1.91. The Balaban J connectivity index is 2.61. The van der Waals surface area contributed by atoms with E-state index in [0.717, 1.165) is 16.9 Å². The first-order valence-corrected chi connectivity index (χ1v) is 6.84. The number of aromatic nitrogens is 1. The minimum absolute atomic E-state index is 0.0422. The topological polar surface area (TPSA) is 74.7 Å². The molecular weight excluding hydrogens is 298 g/mol. The summed E-state index contributed by atoms with van der Waals surface area (Å²) in [7, 11) is 4.10. The largest absolute Gasteiger partial charge is 0.497 e. The number of benzene rings is 1. The zero-order valence-electron chi connectivity index (χ0n) is 13.4. The van der Waals surface area contributed by atoms with Crippen LogP contribution in [-0.4, -0.2) is 38.3 Å². The Morgan fingerprint density at radius 1 is 0.913 bits per heavy atom. The summed E-state index contributed by atoms with van der Waals surface area (Å²) in [5.41, 5.74) is 2.54. The van der Waals surface area contributed by atoms with E-state index in [9.17, 15) is 9.59 Å². The molecule has 0 saturated heterocycles. The molecule has 0 saturated carbocycles. The monoisotopic (exact) mass is 315 g/mol. The van der Waals surface area contributed by atoms with Crippen molar-refractivity contribution in [3.63, 3.8) is 0 Å². The van der Waals surface area contributed by atoms with E-state index >= 15 is 0 Å². The lowest BCUT2D eigenvalue weighted by molar-refractivity contribution is 0.0586. The van der Waals surface area contributed by atoms with Gasteiger partial charge >= 0.3 is 11.9 Å². The number of pyridine rings is 1. The van der Waals surface area contributed by atoms with Crippen LogP contribution in [0.2, 0.25) is 0 Å². The Morgan fingerprint density at radius 3 is 1.91 bits per heavy atom.